The van der Waals surface area contributed by atoms with Crippen molar-refractivity contribution in [2.45, 2.75) is 6.92 Å². The third-order valence-corrected chi connectivity index (χ3v) is 3.79. The highest BCUT2D eigenvalue weighted by molar-refractivity contribution is 7.15. The Morgan fingerprint density at radius 2 is 2.26 bits per heavy atom. The summed E-state index contributed by atoms with van der Waals surface area (Å²) >= 11 is 2.19. The summed E-state index contributed by atoms with van der Waals surface area (Å²) in [5.74, 6) is -1.35. The summed E-state index contributed by atoms with van der Waals surface area (Å²) in [5, 5.41) is 18.4. The zero-order valence-electron chi connectivity index (χ0n) is 9.65. The van der Waals surface area contributed by atoms with Gasteiger partial charge in [-0.05, 0) is 29.8 Å². The van der Waals surface area contributed by atoms with Crippen LogP contribution < -0.4 is 5.32 Å². The molecule has 2 heterocycles. The van der Waals surface area contributed by atoms with Gasteiger partial charge in [-0.25, -0.2) is 4.79 Å². The monoisotopic (exact) mass is 296 g/mol. The number of carbonyl (C=O) groups excluding carboxylic acids is 1. The Morgan fingerprint density at radius 1 is 1.47 bits per heavy atom. The van der Waals surface area contributed by atoms with Crippen molar-refractivity contribution in [3.8, 4) is 0 Å². The molecule has 0 aliphatic heterocycles. The summed E-state index contributed by atoms with van der Waals surface area (Å²) in [5.41, 5.74) is 0.836. The van der Waals surface area contributed by atoms with Crippen LogP contribution in [0.15, 0.2) is 12.1 Å². The number of nitrogens with one attached hydrogen (secondary N) is 1. The minimum absolute atomic E-state index is 0.318. The van der Waals surface area contributed by atoms with E-state index in [1.807, 2.05) is 0 Å². The average molecular weight is 296 g/mol. The number of hydrogen-bond donors (Lipinski definition) is 2. The second-order valence-electron chi connectivity index (χ2n) is 3.45. The fourth-order valence-corrected chi connectivity index (χ4v) is 2.60. The molecule has 2 aromatic heterocycles. The number of carbonyl (C=O) groups is 2. The summed E-state index contributed by atoms with van der Waals surface area (Å²) in [6.45, 7) is 1.81. The molecule has 0 saturated carbocycles. The first kappa shape index (κ1) is 13.3. The van der Waals surface area contributed by atoms with E-state index >= 15 is 0 Å². The fourth-order valence-electron chi connectivity index (χ4n) is 1.26. The summed E-state index contributed by atoms with van der Waals surface area (Å²) in [6.07, 6.45) is 2.50. The molecule has 0 aliphatic rings. The van der Waals surface area contributed by atoms with Gasteiger partial charge in [0.15, 0.2) is 0 Å². The molecule has 0 aliphatic carbocycles. The molecule has 0 saturated heterocycles. The molecule has 9 heteroatoms. The second-order valence-corrected chi connectivity index (χ2v) is 5.27. The van der Waals surface area contributed by atoms with Gasteiger partial charge >= 0.3 is 5.97 Å². The van der Waals surface area contributed by atoms with Crippen molar-refractivity contribution in [3.05, 3.63) is 27.5 Å². The Morgan fingerprint density at radius 3 is 2.89 bits per heavy atom. The van der Waals surface area contributed by atoms with Crippen LogP contribution in [-0.2, 0) is 4.79 Å². The molecule has 1 amide bonds. The van der Waals surface area contributed by atoms with Crippen LogP contribution in [0.25, 0.3) is 6.08 Å². The van der Waals surface area contributed by atoms with E-state index in [2.05, 4.69) is 20.1 Å². The first-order valence-electron chi connectivity index (χ1n) is 5.04. The van der Waals surface area contributed by atoms with Crippen LogP contribution in [0.5, 0.6) is 0 Å². The lowest BCUT2D eigenvalue weighted by Gasteiger charge is -1.95. The van der Waals surface area contributed by atoms with Crippen molar-refractivity contribution in [3.63, 3.8) is 0 Å². The average Bonchev–Trinajstić information content (AvgIpc) is 2.96. The van der Waals surface area contributed by atoms with Crippen molar-refractivity contribution < 1.29 is 14.7 Å². The second kappa shape index (κ2) is 5.67. The molecule has 0 radical (unpaired) electrons. The molecule has 0 fully saturated rings. The Hall–Kier alpha value is -2.13. The molecule has 2 aromatic rings. The smallest absolute Gasteiger partial charge is 0.328 e. The first-order valence-corrected chi connectivity index (χ1v) is 6.63. The van der Waals surface area contributed by atoms with Gasteiger partial charge in [0.2, 0.25) is 5.13 Å². The normalized spacial score (nSPS) is 10.8. The van der Waals surface area contributed by atoms with E-state index in [-0.39, 0.29) is 5.91 Å². The molecule has 0 spiro atoms. The number of hydrogen-bond acceptors (Lipinski definition) is 7. The molecule has 0 atom stereocenters. The molecular weight excluding hydrogens is 288 g/mol. The maximum absolute atomic E-state index is 11.9. The van der Waals surface area contributed by atoms with Crippen molar-refractivity contribution in [1.29, 1.82) is 0 Å². The molecular formula is C10H8N4O3S2. The van der Waals surface area contributed by atoms with E-state index in [0.717, 1.165) is 28.0 Å². The van der Waals surface area contributed by atoms with Crippen molar-refractivity contribution in [1.82, 2.24) is 14.8 Å². The molecule has 2 N–H and O–H groups in total. The molecule has 98 valence electrons. The number of carboxylic acid groups (broad SMARTS) is 1. The van der Waals surface area contributed by atoms with E-state index in [1.165, 1.54) is 17.4 Å². The molecule has 0 unspecified atom stereocenters. The number of aryl methyl sites for hydroxylation is 1. The summed E-state index contributed by atoms with van der Waals surface area (Å²) in [6, 6.07) is 1.69. The lowest BCUT2D eigenvalue weighted by Crippen LogP contribution is -2.09. The van der Waals surface area contributed by atoms with Gasteiger partial charge in [-0.1, -0.05) is 9.59 Å². The lowest BCUT2D eigenvalue weighted by molar-refractivity contribution is -0.131. The zero-order chi connectivity index (χ0) is 13.8. The molecule has 19 heavy (non-hydrogen) atoms. The summed E-state index contributed by atoms with van der Waals surface area (Å²) < 4.78 is 3.53. The standard InChI is InChI=1S/C10H8N4O3S2/c1-5-4-7(18-6(5)2-3-8(15)16)9(17)11-10-12-13-14-19-10/h2-4H,1H3,(H,15,16)(H,11,12,14,17)/b3-2+. The number of aromatic nitrogens is 3. The third kappa shape index (κ3) is 3.42. The number of rotatable bonds is 4. The van der Waals surface area contributed by atoms with Crippen LogP contribution in [0, 0.1) is 6.92 Å². The topological polar surface area (TPSA) is 105 Å². The summed E-state index contributed by atoms with van der Waals surface area (Å²) in [7, 11) is 0. The Labute approximate surface area is 115 Å². The van der Waals surface area contributed by atoms with Crippen LogP contribution in [0.3, 0.4) is 0 Å². The Kier molecular flexibility index (Phi) is 3.97. The van der Waals surface area contributed by atoms with E-state index in [0.29, 0.717) is 10.0 Å². The van der Waals surface area contributed by atoms with Crippen LogP contribution in [-0.4, -0.2) is 31.8 Å². The SMILES string of the molecule is Cc1cc(C(=O)Nc2nnns2)sc1/C=C/C(=O)O. The number of carboxylic acids is 1. The Balaban J connectivity index is 2.15. The van der Waals surface area contributed by atoms with Gasteiger partial charge in [-0.15, -0.1) is 11.3 Å². The van der Waals surface area contributed by atoms with Crippen LogP contribution in [0.2, 0.25) is 0 Å². The number of aliphatic carboxylic acids is 1. The zero-order valence-corrected chi connectivity index (χ0v) is 11.3. The van der Waals surface area contributed by atoms with Crippen molar-refractivity contribution in [2.75, 3.05) is 5.32 Å². The van der Waals surface area contributed by atoms with E-state index in [1.54, 1.807) is 13.0 Å². The van der Waals surface area contributed by atoms with Gasteiger partial charge < -0.3 is 5.11 Å². The molecule has 0 bridgehead atoms. The predicted molar refractivity (Wildman–Crippen MR) is 71.4 cm³/mol. The first-order chi connectivity index (χ1) is 9.06. The largest absolute Gasteiger partial charge is 0.478 e. The fraction of sp³-hybridized carbons (Fsp3) is 0.100. The highest BCUT2D eigenvalue weighted by atomic mass is 32.1. The van der Waals surface area contributed by atoms with Gasteiger partial charge in [0.1, 0.15) is 0 Å². The highest BCUT2D eigenvalue weighted by Crippen LogP contribution is 2.24. The highest BCUT2D eigenvalue weighted by Gasteiger charge is 2.13. The number of amides is 1. The maximum atomic E-state index is 11.9. The quantitative estimate of drug-likeness (QED) is 0.831. The van der Waals surface area contributed by atoms with Gasteiger partial charge in [0.05, 0.1) is 4.88 Å². The van der Waals surface area contributed by atoms with E-state index < -0.39 is 5.97 Å². The number of nitrogens with zero attached hydrogens (tertiary/aromatic N) is 3. The van der Waals surface area contributed by atoms with Gasteiger partial charge in [0.25, 0.3) is 5.91 Å². The van der Waals surface area contributed by atoms with E-state index in [9.17, 15) is 9.59 Å². The maximum Gasteiger partial charge on any atom is 0.328 e. The van der Waals surface area contributed by atoms with Crippen LogP contribution >= 0.6 is 22.9 Å². The molecule has 7 nitrogen and oxygen atoms in total. The van der Waals surface area contributed by atoms with Crippen molar-refractivity contribution in [2.24, 2.45) is 0 Å². The number of anilines is 1. The molecule has 2 rings (SSSR count). The number of thiophene rings is 1. The summed E-state index contributed by atoms with van der Waals surface area (Å²) in [4.78, 5) is 23.5. The van der Waals surface area contributed by atoms with Crippen molar-refractivity contribution >= 4 is 46.0 Å². The van der Waals surface area contributed by atoms with Gasteiger partial charge in [0, 0.05) is 22.5 Å². The van der Waals surface area contributed by atoms with Gasteiger partial charge in [-0.2, -0.15) is 0 Å². The minimum Gasteiger partial charge on any atom is -0.478 e. The van der Waals surface area contributed by atoms with E-state index in [4.69, 9.17) is 5.11 Å². The predicted octanol–water partition coefficient (Wildman–Crippen LogP) is 1.65. The lowest BCUT2D eigenvalue weighted by atomic mass is 10.2. The third-order valence-electron chi connectivity index (χ3n) is 2.08. The van der Waals surface area contributed by atoms with Crippen LogP contribution in [0.1, 0.15) is 20.1 Å². The van der Waals surface area contributed by atoms with Gasteiger partial charge in [-0.3, -0.25) is 10.1 Å². The minimum atomic E-state index is -1.03. The molecule has 0 aromatic carbocycles. The Bertz CT molecular complexity index is 633. The van der Waals surface area contributed by atoms with Crippen LogP contribution in [0.4, 0.5) is 5.13 Å².